The van der Waals surface area contributed by atoms with Crippen molar-refractivity contribution in [2.24, 2.45) is 34.3 Å². The molecule has 0 saturated heterocycles. The predicted molar refractivity (Wildman–Crippen MR) is 92.7 cm³/mol. The molecule has 1 aromatic carbocycles. The number of hydrogen-bond donors (Lipinski definition) is 2. The third-order valence-corrected chi connectivity index (χ3v) is 6.84. The summed E-state index contributed by atoms with van der Waals surface area (Å²) in [5.74, 6) is -2.34. The van der Waals surface area contributed by atoms with Crippen molar-refractivity contribution < 1.29 is 14.7 Å². The molecule has 25 heavy (non-hydrogen) atoms. The maximum atomic E-state index is 12.8. The SMILES string of the molecule is CCC12C(CC(Cc3ccccc3Cl)C1(C#N)C(=O)CN)C2C(=O)O. The van der Waals surface area contributed by atoms with E-state index >= 15 is 0 Å². The van der Waals surface area contributed by atoms with Crippen LogP contribution in [0.5, 0.6) is 0 Å². The molecule has 5 unspecified atom stereocenters. The first-order valence-corrected chi connectivity index (χ1v) is 8.89. The zero-order valence-corrected chi connectivity index (χ0v) is 14.8. The van der Waals surface area contributed by atoms with Crippen LogP contribution in [0.15, 0.2) is 24.3 Å². The monoisotopic (exact) mass is 360 g/mol. The Bertz CT molecular complexity index is 774. The fraction of sp³-hybridized carbons (Fsp3) is 0.526. The number of benzene rings is 1. The van der Waals surface area contributed by atoms with Gasteiger partial charge in [0.2, 0.25) is 0 Å². The molecule has 3 rings (SSSR count). The normalized spacial score (nSPS) is 35.7. The zero-order valence-electron chi connectivity index (χ0n) is 14.0. The summed E-state index contributed by atoms with van der Waals surface area (Å²) in [7, 11) is 0. The number of hydrogen-bond acceptors (Lipinski definition) is 4. The van der Waals surface area contributed by atoms with Gasteiger partial charge in [-0.2, -0.15) is 5.26 Å². The van der Waals surface area contributed by atoms with E-state index in [4.69, 9.17) is 17.3 Å². The quantitative estimate of drug-likeness (QED) is 0.811. The molecule has 2 saturated carbocycles. The van der Waals surface area contributed by atoms with Crippen LogP contribution in [0.25, 0.3) is 0 Å². The minimum absolute atomic E-state index is 0.155. The van der Waals surface area contributed by atoms with E-state index in [1.54, 1.807) is 6.07 Å². The average molecular weight is 361 g/mol. The van der Waals surface area contributed by atoms with E-state index in [1.165, 1.54) is 0 Å². The highest BCUT2D eigenvalue weighted by Crippen LogP contribution is 2.79. The van der Waals surface area contributed by atoms with Crippen LogP contribution in [0.1, 0.15) is 25.3 Å². The molecule has 0 amide bonds. The highest BCUT2D eigenvalue weighted by molar-refractivity contribution is 6.31. The number of carboxylic acid groups (broad SMARTS) is 1. The fourth-order valence-electron chi connectivity index (χ4n) is 5.49. The topological polar surface area (TPSA) is 104 Å². The van der Waals surface area contributed by atoms with Crippen LogP contribution in [0.4, 0.5) is 0 Å². The number of nitriles is 1. The van der Waals surface area contributed by atoms with E-state index < -0.39 is 22.7 Å². The lowest BCUT2D eigenvalue weighted by molar-refractivity contribution is -0.142. The van der Waals surface area contributed by atoms with Crippen LogP contribution >= 0.6 is 11.6 Å². The number of carboxylic acids is 1. The number of ketones is 1. The third kappa shape index (κ3) is 2.17. The van der Waals surface area contributed by atoms with Gasteiger partial charge < -0.3 is 10.8 Å². The second-order valence-corrected chi connectivity index (χ2v) is 7.50. The van der Waals surface area contributed by atoms with Gasteiger partial charge in [0.05, 0.1) is 18.5 Å². The molecule has 2 aliphatic rings. The van der Waals surface area contributed by atoms with Gasteiger partial charge in [0.1, 0.15) is 5.41 Å². The zero-order chi connectivity index (χ0) is 18.4. The molecule has 0 heterocycles. The molecule has 5 atom stereocenters. The molecule has 2 aliphatic carbocycles. The van der Waals surface area contributed by atoms with Crippen molar-refractivity contribution in [3.63, 3.8) is 0 Å². The second-order valence-electron chi connectivity index (χ2n) is 7.09. The maximum absolute atomic E-state index is 12.8. The number of aliphatic carboxylic acids is 1. The number of halogens is 1. The lowest BCUT2D eigenvalue weighted by atomic mass is 9.61. The molecular weight excluding hydrogens is 340 g/mol. The number of nitrogens with two attached hydrogens (primary N) is 1. The number of carbonyl (C=O) groups excluding carboxylic acids is 1. The Labute approximate surface area is 151 Å². The van der Waals surface area contributed by atoms with E-state index in [9.17, 15) is 20.0 Å². The molecule has 5 nitrogen and oxygen atoms in total. The van der Waals surface area contributed by atoms with E-state index in [2.05, 4.69) is 6.07 Å². The molecular formula is C19H21ClN2O3. The van der Waals surface area contributed by atoms with E-state index in [-0.39, 0.29) is 24.2 Å². The van der Waals surface area contributed by atoms with E-state index in [0.29, 0.717) is 24.3 Å². The van der Waals surface area contributed by atoms with Gasteiger partial charge in [0, 0.05) is 10.4 Å². The smallest absolute Gasteiger partial charge is 0.307 e. The molecule has 0 bridgehead atoms. The minimum atomic E-state index is -1.36. The van der Waals surface area contributed by atoms with Crippen LogP contribution in [0.2, 0.25) is 5.02 Å². The van der Waals surface area contributed by atoms with Gasteiger partial charge in [0.25, 0.3) is 0 Å². The summed E-state index contributed by atoms with van der Waals surface area (Å²) in [6.07, 6.45) is 1.49. The van der Waals surface area contributed by atoms with Crippen LogP contribution < -0.4 is 5.73 Å². The Hall–Kier alpha value is -1.90. The lowest BCUT2D eigenvalue weighted by Crippen LogP contribution is -2.48. The highest BCUT2D eigenvalue weighted by atomic mass is 35.5. The van der Waals surface area contributed by atoms with Gasteiger partial charge in [-0.05, 0) is 42.7 Å². The summed E-state index contributed by atoms with van der Waals surface area (Å²) in [4.78, 5) is 24.5. The molecule has 0 aromatic heterocycles. The fourth-order valence-corrected chi connectivity index (χ4v) is 5.70. The Balaban J connectivity index is 2.07. The first-order chi connectivity index (χ1) is 11.9. The standard InChI is InChI=1S/C19H21ClN2O3/c1-2-18-13(16(18)17(24)25)8-12(19(18,10-22)15(23)9-21)7-11-5-3-4-6-14(11)20/h3-6,12-13,16H,2,7-9,21H2,1H3,(H,24,25). The van der Waals surface area contributed by atoms with Crippen LogP contribution in [0, 0.1) is 39.9 Å². The van der Waals surface area contributed by atoms with Crippen molar-refractivity contribution in [2.75, 3.05) is 6.54 Å². The second kappa shape index (κ2) is 6.12. The number of Topliss-reactive ketones (excluding diaryl/α,β-unsaturated/α-hetero) is 1. The Morgan fingerprint density at radius 1 is 1.44 bits per heavy atom. The summed E-state index contributed by atoms with van der Waals surface area (Å²) in [5, 5.41) is 20.3. The molecule has 6 heteroatoms. The van der Waals surface area contributed by atoms with Crippen molar-refractivity contribution in [2.45, 2.75) is 26.2 Å². The van der Waals surface area contributed by atoms with Crippen molar-refractivity contribution in [3.8, 4) is 6.07 Å². The van der Waals surface area contributed by atoms with Crippen LogP contribution in [-0.2, 0) is 16.0 Å². The average Bonchev–Trinajstić information content (AvgIpc) is 3.18. The molecule has 0 radical (unpaired) electrons. The maximum Gasteiger partial charge on any atom is 0.307 e. The largest absolute Gasteiger partial charge is 0.481 e. The van der Waals surface area contributed by atoms with Gasteiger partial charge >= 0.3 is 5.97 Å². The summed E-state index contributed by atoms with van der Waals surface area (Å²) in [6, 6.07) is 9.61. The highest BCUT2D eigenvalue weighted by Gasteiger charge is 2.83. The lowest BCUT2D eigenvalue weighted by Gasteiger charge is -2.37. The first kappa shape index (κ1) is 17.9. The number of rotatable bonds is 6. The molecule has 132 valence electrons. The predicted octanol–water partition coefficient (Wildman–Crippen LogP) is 2.67. The van der Waals surface area contributed by atoms with Crippen LogP contribution in [-0.4, -0.2) is 23.4 Å². The number of fused-ring (bicyclic) bond motifs is 1. The van der Waals surface area contributed by atoms with Gasteiger partial charge in [-0.25, -0.2) is 0 Å². The number of nitrogens with zero attached hydrogens (tertiary/aromatic N) is 1. The summed E-state index contributed by atoms with van der Waals surface area (Å²) >= 11 is 6.26. The summed E-state index contributed by atoms with van der Waals surface area (Å²) < 4.78 is 0. The minimum Gasteiger partial charge on any atom is -0.481 e. The van der Waals surface area contributed by atoms with E-state index in [1.807, 2.05) is 25.1 Å². The Kier molecular flexibility index (Phi) is 4.38. The number of carbonyl (C=O) groups is 2. The molecule has 1 aromatic rings. The van der Waals surface area contributed by atoms with Crippen molar-refractivity contribution in [1.29, 1.82) is 5.26 Å². The molecule has 3 N–H and O–H groups in total. The third-order valence-electron chi connectivity index (χ3n) is 6.47. The van der Waals surface area contributed by atoms with Crippen molar-refractivity contribution in [1.82, 2.24) is 0 Å². The summed E-state index contributed by atoms with van der Waals surface area (Å²) in [5.41, 5.74) is 4.35. The molecule has 0 spiro atoms. The van der Waals surface area contributed by atoms with Gasteiger partial charge in [0.15, 0.2) is 5.78 Å². The Morgan fingerprint density at radius 3 is 2.64 bits per heavy atom. The Morgan fingerprint density at radius 2 is 2.12 bits per heavy atom. The first-order valence-electron chi connectivity index (χ1n) is 8.51. The van der Waals surface area contributed by atoms with E-state index in [0.717, 1.165) is 5.56 Å². The van der Waals surface area contributed by atoms with Gasteiger partial charge in [-0.1, -0.05) is 36.7 Å². The van der Waals surface area contributed by atoms with Crippen LogP contribution in [0.3, 0.4) is 0 Å². The summed E-state index contributed by atoms with van der Waals surface area (Å²) in [6.45, 7) is 1.61. The molecule has 0 aliphatic heterocycles. The van der Waals surface area contributed by atoms with Gasteiger partial charge in [-0.3, -0.25) is 9.59 Å². The molecule has 2 fully saturated rings. The van der Waals surface area contributed by atoms with Gasteiger partial charge in [-0.15, -0.1) is 0 Å². The van der Waals surface area contributed by atoms with Crippen molar-refractivity contribution >= 4 is 23.4 Å². The van der Waals surface area contributed by atoms with Crippen molar-refractivity contribution in [3.05, 3.63) is 34.9 Å².